The minimum absolute atomic E-state index is 0.0298. The lowest BCUT2D eigenvalue weighted by molar-refractivity contribution is -0.164. The molecule has 2 rings (SSSR count). The molecule has 5 atom stereocenters. The van der Waals surface area contributed by atoms with Crippen LogP contribution in [0, 0.1) is 22.7 Å². The summed E-state index contributed by atoms with van der Waals surface area (Å²) in [4.78, 5) is 11.9. The lowest BCUT2D eigenvalue weighted by Gasteiger charge is -2.57. The summed E-state index contributed by atoms with van der Waals surface area (Å²) in [6.45, 7) is 14.0. The number of aliphatic hydroxyl groups is 1. The van der Waals surface area contributed by atoms with Crippen LogP contribution in [0.4, 0.5) is 0 Å². The van der Waals surface area contributed by atoms with Gasteiger partial charge in [0.2, 0.25) is 0 Å². The van der Waals surface area contributed by atoms with Gasteiger partial charge in [0.05, 0.1) is 11.0 Å². The van der Waals surface area contributed by atoms with Crippen molar-refractivity contribution in [2.75, 3.05) is 0 Å². The molecule has 0 aromatic heterocycles. The lowest BCUT2D eigenvalue weighted by atomic mass is 9.46. The molecule has 0 amide bonds. The van der Waals surface area contributed by atoms with E-state index in [-0.39, 0.29) is 17.3 Å². The van der Waals surface area contributed by atoms with Crippen LogP contribution in [-0.2, 0) is 4.79 Å². The maximum Gasteiger partial charge on any atom is 0.309 e. The molecule has 2 saturated carbocycles. The second kappa shape index (κ2) is 6.08. The first-order valence-electron chi connectivity index (χ1n) is 8.84. The molecule has 0 radical (unpaired) electrons. The summed E-state index contributed by atoms with van der Waals surface area (Å²) in [6, 6.07) is 0. The fourth-order valence-corrected chi connectivity index (χ4v) is 5.28. The molecule has 130 valence electrons. The van der Waals surface area contributed by atoms with E-state index in [0.717, 1.165) is 38.5 Å². The average molecular weight is 320 g/mol. The van der Waals surface area contributed by atoms with Crippen molar-refractivity contribution in [3.05, 3.63) is 24.8 Å². The number of carbonyl (C=O) groups is 1. The number of aliphatic carboxylic acids is 1. The molecular formula is C20H32O3. The van der Waals surface area contributed by atoms with Crippen molar-refractivity contribution < 1.29 is 15.0 Å². The van der Waals surface area contributed by atoms with Gasteiger partial charge in [0.25, 0.3) is 0 Å². The van der Waals surface area contributed by atoms with Crippen LogP contribution in [0.3, 0.4) is 0 Å². The third kappa shape index (κ3) is 3.13. The number of hydrogen-bond acceptors (Lipinski definition) is 2. The van der Waals surface area contributed by atoms with Crippen LogP contribution >= 0.6 is 0 Å². The van der Waals surface area contributed by atoms with Gasteiger partial charge in [-0.1, -0.05) is 31.6 Å². The van der Waals surface area contributed by atoms with E-state index in [1.54, 1.807) is 13.0 Å². The Morgan fingerprint density at radius 1 is 1.43 bits per heavy atom. The molecule has 0 saturated heterocycles. The predicted octanol–water partition coefficient (Wildman–Crippen LogP) is 4.57. The molecule has 2 N–H and O–H groups in total. The molecule has 0 aromatic rings. The van der Waals surface area contributed by atoms with Gasteiger partial charge in [-0.25, -0.2) is 0 Å². The van der Waals surface area contributed by atoms with Crippen molar-refractivity contribution in [2.45, 2.75) is 71.3 Å². The largest absolute Gasteiger partial charge is 0.481 e. The molecule has 0 bridgehead atoms. The van der Waals surface area contributed by atoms with Crippen LogP contribution in [-0.4, -0.2) is 21.8 Å². The summed E-state index contributed by atoms with van der Waals surface area (Å²) in [5, 5.41) is 20.1. The zero-order valence-electron chi connectivity index (χ0n) is 14.9. The number of carboxylic acids is 1. The number of allylic oxidation sites excluding steroid dienone is 1. The van der Waals surface area contributed by atoms with Crippen LogP contribution in [0.15, 0.2) is 24.8 Å². The van der Waals surface area contributed by atoms with Crippen LogP contribution in [0.1, 0.15) is 65.7 Å². The Balaban J connectivity index is 2.29. The summed E-state index contributed by atoms with van der Waals surface area (Å²) in [5.74, 6) is -0.185. The highest BCUT2D eigenvalue weighted by Crippen LogP contribution is 2.62. The second-order valence-corrected chi connectivity index (χ2v) is 8.48. The number of carboxylic acid groups (broad SMARTS) is 1. The standard InChI is InChI=1S/C20H32O3/c1-6-18(3,23)13-10-15-14(2)8-9-16-19(15,4)11-7-12-20(16,5)17(21)22/h6,15-16,23H,1-2,7-13H2,3-5H3,(H,21,22)/t15?,16?,18-,19-,20+/m1/s1. The third-order valence-corrected chi connectivity index (χ3v) is 6.89. The molecular weight excluding hydrogens is 288 g/mol. The van der Waals surface area contributed by atoms with Gasteiger partial charge in [0, 0.05) is 0 Å². The van der Waals surface area contributed by atoms with Crippen molar-refractivity contribution >= 4 is 5.97 Å². The summed E-state index contributed by atoms with van der Waals surface area (Å²) < 4.78 is 0. The van der Waals surface area contributed by atoms with E-state index in [0.29, 0.717) is 6.42 Å². The van der Waals surface area contributed by atoms with Gasteiger partial charge in [-0.3, -0.25) is 4.79 Å². The molecule has 23 heavy (non-hydrogen) atoms. The average Bonchev–Trinajstić information content (AvgIpc) is 2.46. The van der Waals surface area contributed by atoms with Crippen molar-refractivity contribution in [1.82, 2.24) is 0 Å². The minimum Gasteiger partial charge on any atom is -0.481 e. The van der Waals surface area contributed by atoms with Gasteiger partial charge in [-0.15, -0.1) is 6.58 Å². The van der Waals surface area contributed by atoms with E-state index >= 15 is 0 Å². The van der Waals surface area contributed by atoms with Crippen molar-refractivity contribution in [3.63, 3.8) is 0 Å². The zero-order valence-corrected chi connectivity index (χ0v) is 14.9. The van der Waals surface area contributed by atoms with E-state index < -0.39 is 17.0 Å². The van der Waals surface area contributed by atoms with Gasteiger partial charge in [0.1, 0.15) is 0 Å². The Labute approximate surface area is 140 Å². The summed E-state index contributed by atoms with van der Waals surface area (Å²) in [7, 11) is 0. The predicted molar refractivity (Wildman–Crippen MR) is 93.1 cm³/mol. The van der Waals surface area contributed by atoms with E-state index in [1.165, 1.54) is 5.57 Å². The molecule has 2 fully saturated rings. The van der Waals surface area contributed by atoms with E-state index in [9.17, 15) is 15.0 Å². The van der Waals surface area contributed by atoms with Gasteiger partial charge >= 0.3 is 5.97 Å². The quantitative estimate of drug-likeness (QED) is 0.730. The minimum atomic E-state index is -0.867. The fourth-order valence-electron chi connectivity index (χ4n) is 5.28. The van der Waals surface area contributed by atoms with Gasteiger partial charge < -0.3 is 10.2 Å². The fraction of sp³-hybridized carbons (Fsp3) is 0.750. The van der Waals surface area contributed by atoms with Crippen LogP contribution in [0.25, 0.3) is 0 Å². The smallest absolute Gasteiger partial charge is 0.309 e. The number of hydrogen-bond donors (Lipinski definition) is 2. The normalized spacial score (nSPS) is 40.1. The first kappa shape index (κ1) is 18.3. The lowest BCUT2D eigenvalue weighted by Crippen LogP contribution is -2.53. The van der Waals surface area contributed by atoms with E-state index in [1.807, 2.05) is 6.92 Å². The third-order valence-electron chi connectivity index (χ3n) is 6.89. The zero-order chi connectivity index (χ0) is 17.5. The molecule has 2 unspecified atom stereocenters. The van der Waals surface area contributed by atoms with Gasteiger partial charge in [0.15, 0.2) is 0 Å². The molecule has 2 aliphatic carbocycles. The Kier molecular flexibility index (Phi) is 4.83. The highest BCUT2D eigenvalue weighted by atomic mass is 16.4. The molecule has 3 nitrogen and oxygen atoms in total. The maximum atomic E-state index is 11.9. The van der Waals surface area contributed by atoms with E-state index in [2.05, 4.69) is 20.1 Å². The highest BCUT2D eigenvalue weighted by molar-refractivity contribution is 5.75. The molecule has 2 aliphatic rings. The van der Waals surface area contributed by atoms with Crippen molar-refractivity contribution in [2.24, 2.45) is 22.7 Å². The first-order chi connectivity index (χ1) is 10.6. The Morgan fingerprint density at radius 2 is 2.09 bits per heavy atom. The van der Waals surface area contributed by atoms with Crippen molar-refractivity contribution in [1.29, 1.82) is 0 Å². The highest BCUT2D eigenvalue weighted by Gasteiger charge is 2.57. The molecule has 0 heterocycles. The first-order valence-corrected chi connectivity index (χ1v) is 8.84. The second-order valence-electron chi connectivity index (χ2n) is 8.48. The van der Waals surface area contributed by atoms with Crippen molar-refractivity contribution in [3.8, 4) is 0 Å². The number of rotatable bonds is 5. The summed E-state index contributed by atoms with van der Waals surface area (Å²) >= 11 is 0. The Hall–Kier alpha value is -1.09. The molecule has 0 aromatic carbocycles. The van der Waals surface area contributed by atoms with Gasteiger partial charge in [-0.05, 0) is 69.6 Å². The SMILES string of the molecule is C=C[C@@](C)(O)CCC1C(=C)CCC2[C@]1(C)CCC[C@]2(C)C(=O)O. The summed E-state index contributed by atoms with van der Waals surface area (Å²) in [5.41, 5.74) is -0.294. The van der Waals surface area contributed by atoms with Crippen LogP contribution in [0.2, 0.25) is 0 Å². The molecule has 0 aliphatic heterocycles. The van der Waals surface area contributed by atoms with Gasteiger partial charge in [-0.2, -0.15) is 0 Å². The topological polar surface area (TPSA) is 57.5 Å². The number of fused-ring (bicyclic) bond motifs is 1. The monoisotopic (exact) mass is 320 g/mol. The summed E-state index contributed by atoms with van der Waals surface area (Å²) in [6.07, 6.45) is 7.70. The maximum absolute atomic E-state index is 11.9. The Bertz CT molecular complexity index is 507. The van der Waals surface area contributed by atoms with Crippen LogP contribution < -0.4 is 0 Å². The van der Waals surface area contributed by atoms with E-state index in [4.69, 9.17) is 0 Å². The molecule has 3 heteroatoms. The van der Waals surface area contributed by atoms with Crippen LogP contribution in [0.5, 0.6) is 0 Å². The molecule has 0 spiro atoms. The Morgan fingerprint density at radius 3 is 2.65 bits per heavy atom.